The van der Waals surface area contributed by atoms with Crippen molar-refractivity contribution in [2.45, 2.75) is 39.7 Å². The van der Waals surface area contributed by atoms with E-state index in [0.717, 1.165) is 5.69 Å². The maximum absolute atomic E-state index is 11.9. The molecule has 0 unspecified atom stereocenters. The summed E-state index contributed by atoms with van der Waals surface area (Å²) in [5.74, 6) is -1.13. The summed E-state index contributed by atoms with van der Waals surface area (Å²) >= 11 is 1.17. The SMILES string of the molecule is CCc1ccc2sc(NC(=O)OC(C)(C)C)c(C(=O)O)c2n1. The number of nitrogens with one attached hydrogen (secondary N) is 1. The van der Waals surface area contributed by atoms with Crippen LogP contribution in [0.1, 0.15) is 43.7 Å². The van der Waals surface area contributed by atoms with Crippen molar-refractivity contribution >= 4 is 38.6 Å². The topological polar surface area (TPSA) is 88.5 Å². The predicted molar refractivity (Wildman–Crippen MR) is 85.8 cm³/mol. The molecule has 2 heterocycles. The Labute approximate surface area is 132 Å². The molecule has 1 amide bonds. The van der Waals surface area contributed by atoms with Gasteiger partial charge in [0.25, 0.3) is 0 Å². The van der Waals surface area contributed by atoms with Gasteiger partial charge in [0.1, 0.15) is 16.2 Å². The minimum absolute atomic E-state index is 0.00107. The van der Waals surface area contributed by atoms with E-state index < -0.39 is 17.7 Å². The van der Waals surface area contributed by atoms with Gasteiger partial charge in [0.2, 0.25) is 0 Å². The summed E-state index contributed by atoms with van der Waals surface area (Å²) in [6.45, 7) is 7.17. The molecule has 0 saturated carbocycles. The minimum Gasteiger partial charge on any atom is -0.478 e. The van der Waals surface area contributed by atoms with Gasteiger partial charge >= 0.3 is 12.1 Å². The highest BCUT2D eigenvalue weighted by atomic mass is 32.1. The first kappa shape index (κ1) is 16.2. The van der Waals surface area contributed by atoms with E-state index in [9.17, 15) is 14.7 Å². The number of carbonyl (C=O) groups is 2. The van der Waals surface area contributed by atoms with Crippen LogP contribution in [0.5, 0.6) is 0 Å². The fraction of sp³-hybridized carbons (Fsp3) is 0.400. The lowest BCUT2D eigenvalue weighted by Gasteiger charge is -2.19. The van der Waals surface area contributed by atoms with Crippen LogP contribution in [-0.2, 0) is 11.2 Å². The third kappa shape index (κ3) is 3.54. The highest BCUT2D eigenvalue weighted by Crippen LogP contribution is 2.35. The third-order valence-corrected chi connectivity index (χ3v) is 3.84. The Morgan fingerprint density at radius 3 is 2.59 bits per heavy atom. The van der Waals surface area contributed by atoms with E-state index in [0.29, 0.717) is 16.6 Å². The molecule has 7 heteroatoms. The predicted octanol–water partition coefficient (Wildman–Crippen LogP) is 3.90. The van der Waals surface area contributed by atoms with Gasteiger partial charge in [0.15, 0.2) is 0 Å². The number of aryl methyl sites for hydroxylation is 1. The van der Waals surface area contributed by atoms with Crippen molar-refractivity contribution in [3.05, 3.63) is 23.4 Å². The van der Waals surface area contributed by atoms with Gasteiger partial charge in [-0.1, -0.05) is 6.92 Å². The number of rotatable bonds is 3. The number of thiophene rings is 1. The third-order valence-electron chi connectivity index (χ3n) is 2.78. The molecular formula is C15H18N2O4S. The molecule has 0 radical (unpaired) electrons. The number of ether oxygens (including phenoxy) is 1. The largest absolute Gasteiger partial charge is 0.478 e. The van der Waals surface area contributed by atoms with E-state index in [-0.39, 0.29) is 10.6 Å². The van der Waals surface area contributed by atoms with Crippen LogP contribution in [0.3, 0.4) is 0 Å². The fourth-order valence-corrected chi connectivity index (χ4v) is 2.92. The summed E-state index contributed by atoms with van der Waals surface area (Å²) in [5, 5.41) is 12.2. The molecule has 0 saturated heterocycles. The number of carboxylic acid groups (broad SMARTS) is 1. The number of aromatic nitrogens is 1. The number of carbonyl (C=O) groups excluding carboxylic acids is 1. The van der Waals surface area contributed by atoms with Crippen LogP contribution < -0.4 is 5.32 Å². The Hall–Kier alpha value is -2.15. The summed E-state index contributed by atoms with van der Waals surface area (Å²) in [6, 6.07) is 3.67. The van der Waals surface area contributed by atoms with Crippen LogP contribution in [0.2, 0.25) is 0 Å². The number of aromatic carboxylic acids is 1. The monoisotopic (exact) mass is 322 g/mol. The number of fused-ring (bicyclic) bond motifs is 1. The second-order valence-electron chi connectivity index (χ2n) is 5.74. The minimum atomic E-state index is -1.13. The Kier molecular flexibility index (Phi) is 4.37. The number of hydrogen-bond acceptors (Lipinski definition) is 5. The Balaban J connectivity index is 2.43. The van der Waals surface area contributed by atoms with Crippen LogP contribution in [0, 0.1) is 0 Å². The maximum atomic E-state index is 11.9. The Bertz CT molecular complexity index is 731. The number of anilines is 1. The molecule has 0 spiro atoms. The zero-order valence-corrected chi connectivity index (χ0v) is 13.7. The summed E-state index contributed by atoms with van der Waals surface area (Å²) in [4.78, 5) is 27.8. The Morgan fingerprint density at radius 1 is 1.36 bits per heavy atom. The van der Waals surface area contributed by atoms with Crippen molar-refractivity contribution in [1.29, 1.82) is 0 Å². The van der Waals surface area contributed by atoms with E-state index in [1.54, 1.807) is 20.8 Å². The van der Waals surface area contributed by atoms with Crippen molar-refractivity contribution < 1.29 is 19.4 Å². The summed E-state index contributed by atoms with van der Waals surface area (Å²) in [7, 11) is 0. The number of hydrogen-bond donors (Lipinski definition) is 2. The molecular weight excluding hydrogens is 304 g/mol. The van der Waals surface area contributed by atoms with Gasteiger partial charge in [-0.2, -0.15) is 0 Å². The molecule has 0 atom stereocenters. The van der Waals surface area contributed by atoms with E-state index in [2.05, 4.69) is 10.3 Å². The van der Waals surface area contributed by atoms with E-state index in [4.69, 9.17) is 4.74 Å². The van der Waals surface area contributed by atoms with Crippen LogP contribution in [-0.4, -0.2) is 27.8 Å². The molecule has 118 valence electrons. The van der Waals surface area contributed by atoms with Crippen molar-refractivity contribution in [1.82, 2.24) is 4.98 Å². The van der Waals surface area contributed by atoms with Crippen LogP contribution >= 0.6 is 11.3 Å². The van der Waals surface area contributed by atoms with Crippen molar-refractivity contribution in [2.75, 3.05) is 5.32 Å². The molecule has 2 aromatic rings. The normalized spacial score (nSPS) is 11.5. The van der Waals surface area contributed by atoms with E-state index >= 15 is 0 Å². The van der Waals surface area contributed by atoms with Gasteiger partial charge < -0.3 is 9.84 Å². The van der Waals surface area contributed by atoms with Crippen LogP contribution in [0.4, 0.5) is 9.80 Å². The standard InChI is InChI=1S/C15H18N2O4S/c1-5-8-6-7-9-11(16-8)10(13(18)19)12(22-9)17-14(20)21-15(2,3)4/h6-7H,5H2,1-4H3,(H,17,20)(H,18,19). The molecule has 2 N–H and O–H groups in total. The molecule has 22 heavy (non-hydrogen) atoms. The quantitative estimate of drug-likeness (QED) is 0.894. The molecule has 0 aliphatic rings. The zero-order valence-electron chi connectivity index (χ0n) is 12.9. The zero-order chi connectivity index (χ0) is 16.5. The molecule has 2 rings (SSSR count). The number of pyridine rings is 1. The first-order valence-electron chi connectivity index (χ1n) is 6.87. The van der Waals surface area contributed by atoms with Gasteiger partial charge in [-0.05, 0) is 39.3 Å². The van der Waals surface area contributed by atoms with Gasteiger partial charge in [0.05, 0.1) is 10.2 Å². The first-order valence-corrected chi connectivity index (χ1v) is 7.68. The van der Waals surface area contributed by atoms with Crippen molar-refractivity contribution in [2.24, 2.45) is 0 Å². The highest BCUT2D eigenvalue weighted by molar-refractivity contribution is 7.23. The fourth-order valence-electron chi connectivity index (χ4n) is 1.90. The smallest absolute Gasteiger partial charge is 0.412 e. The van der Waals surface area contributed by atoms with Crippen LogP contribution in [0.25, 0.3) is 10.2 Å². The first-order chi connectivity index (χ1) is 10.2. The molecule has 0 aliphatic carbocycles. The van der Waals surface area contributed by atoms with E-state index in [1.807, 2.05) is 19.1 Å². The molecule has 0 bridgehead atoms. The van der Waals surface area contributed by atoms with Gasteiger partial charge in [-0.15, -0.1) is 11.3 Å². The average molecular weight is 322 g/mol. The number of carboxylic acids is 1. The molecule has 2 aromatic heterocycles. The lowest BCUT2D eigenvalue weighted by Crippen LogP contribution is -2.27. The summed E-state index contributed by atoms with van der Waals surface area (Å²) in [5.41, 5.74) is 0.540. The second-order valence-corrected chi connectivity index (χ2v) is 6.79. The van der Waals surface area contributed by atoms with Crippen molar-refractivity contribution in [3.63, 3.8) is 0 Å². The Morgan fingerprint density at radius 2 is 2.05 bits per heavy atom. The van der Waals surface area contributed by atoms with Crippen LogP contribution in [0.15, 0.2) is 12.1 Å². The van der Waals surface area contributed by atoms with Gasteiger partial charge in [0, 0.05) is 5.69 Å². The number of nitrogens with zero attached hydrogens (tertiary/aromatic N) is 1. The number of amides is 1. The summed E-state index contributed by atoms with van der Waals surface area (Å²) < 4.78 is 5.87. The van der Waals surface area contributed by atoms with E-state index in [1.165, 1.54) is 11.3 Å². The average Bonchev–Trinajstić information content (AvgIpc) is 2.72. The molecule has 0 aromatic carbocycles. The molecule has 0 aliphatic heterocycles. The summed E-state index contributed by atoms with van der Waals surface area (Å²) in [6.07, 6.45) is 0.0249. The lowest BCUT2D eigenvalue weighted by molar-refractivity contribution is 0.0636. The maximum Gasteiger partial charge on any atom is 0.412 e. The lowest BCUT2D eigenvalue weighted by atomic mass is 10.2. The van der Waals surface area contributed by atoms with Gasteiger partial charge in [-0.25, -0.2) is 9.59 Å². The van der Waals surface area contributed by atoms with Gasteiger partial charge in [-0.3, -0.25) is 10.3 Å². The molecule has 0 fully saturated rings. The second kappa shape index (κ2) is 5.92. The molecule has 6 nitrogen and oxygen atoms in total. The van der Waals surface area contributed by atoms with Crippen molar-refractivity contribution in [3.8, 4) is 0 Å². The highest BCUT2D eigenvalue weighted by Gasteiger charge is 2.23.